The number of hydrogen-bond acceptors (Lipinski definition) is 2. The maximum absolute atomic E-state index is 5.93. The molecule has 2 N–H and O–H groups in total. The van der Waals surface area contributed by atoms with Crippen molar-refractivity contribution in [1.82, 2.24) is 0 Å². The minimum absolute atomic E-state index is 0.0674. The van der Waals surface area contributed by atoms with Crippen LogP contribution in [0.5, 0.6) is 0 Å². The van der Waals surface area contributed by atoms with E-state index in [1.165, 1.54) is 0 Å². The zero-order valence-electron chi connectivity index (χ0n) is 8.54. The third-order valence-corrected chi connectivity index (χ3v) is 1.84. The van der Waals surface area contributed by atoms with Crippen LogP contribution in [0, 0.1) is 5.92 Å². The van der Waals surface area contributed by atoms with E-state index in [-0.39, 0.29) is 6.04 Å². The summed E-state index contributed by atoms with van der Waals surface area (Å²) in [4.78, 5) is 4.15. The van der Waals surface area contributed by atoms with Crippen molar-refractivity contribution < 1.29 is 0 Å². The van der Waals surface area contributed by atoms with Crippen LogP contribution in [0.25, 0.3) is 0 Å². The molecule has 0 aliphatic rings. The Morgan fingerprint density at radius 2 is 2.08 bits per heavy atom. The molecule has 70 valence electrons. The smallest absolute Gasteiger partial charge is 0.0511 e. The van der Waals surface area contributed by atoms with Gasteiger partial charge in [0.1, 0.15) is 0 Å². The lowest BCUT2D eigenvalue weighted by molar-refractivity contribution is 0.595. The molecule has 2 nitrogen and oxygen atoms in total. The first kappa shape index (κ1) is 11.4. The first-order valence-electron chi connectivity index (χ1n) is 4.52. The van der Waals surface area contributed by atoms with E-state index in [9.17, 15) is 0 Å². The van der Waals surface area contributed by atoms with Gasteiger partial charge < -0.3 is 5.73 Å². The summed E-state index contributed by atoms with van der Waals surface area (Å²) >= 11 is 0. The predicted octanol–water partition coefficient (Wildman–Crippen LogP) is 2.01. The third kappa shape index (κ3) is 3.67. The topological polar surface area (TPSA) is 38.4 Å². The van der Waals surface area contributed by atoms with Gasteiger partial charge in [-0.3, -0.25) is 4.99 Å². The molecule has 0 rings (SSSR count). The van der Waals surface area contributed by atoms with Crippen molar-refractivity contribution in [2.45, 2.75) is 33.2 Å². The minimum Gasteiger partial charge on any atom is -0.322 e. The Balaban J connectivity index is 4.26. The van der Waals surface area contributed by atoms with Gasteiger partial charge in [-0.15, -0.1) is 0 Å². The van der Waals surface area contributed by atoms with E-state index < -0.39 is 0 Å². The lowest BCUT2D eigenvalue weighted by atomic mass is 10.00. The van der Waals surface area contributed by atoms with Gasteiger partial charge in [0.05, 0.1) is 5.71 Å². The summed E-state index contributed by atoms with van der Waals surface area (Å²) in [6.45, 7) is 6.32. The first-order chi connectivity index (χ1) is 5.63. The Morgan fingerprint density at radius 3 is 2.42 bits per heavy atom. The molecule has 0 aromatic carbocycles. The van der Waals surface area contributed by atoms with E-state index >= 15 is 0 Å². The molecule has 0 saturated heterocycles. The van der Waals surface area contributed by atoms with Gasteiger partial charge >= 0.3 is 0 Å². The number of rotatable bonds is 4. The highest BCUT2D eigenvalue weighted by molar-refractivity contribution is 5.99. The van der Waals surface area contributed by atoms with Crippen LogP contribution in [0.15, 0.2) is 17.1 Å². The monoisotopic (exact) mass is 168 g/mol. The van der Waals surface area contributed by atoms with Gasteiger partial charge in [-0.1, -0.05) is 26.8 Å². The van der Waals surface area contributed by atoms with E-state index in [0.717, 1.165) is 12.1 Å². The molecule has 0 aromatic rings. The van der Waals surface area contributed by atoms with Crippen molar-refractivity contribution in [3.05, 3.63) is 12.2 Å². The first-order valence-corrected chi connectivity index (χ1v) is 4.52. The maximum atomic E-state index is 5.93. The zero-order chi connectivity index (χ0) is 9.56. The van der Waals surface area contributed by atoms with Gasteiger partial charge in [0.2, 0.25) is 0 Å². The summed E-state index contributed by atoms with van der Waals surface area (Å²) in [6, 6.07) is 0.0674. The molecule has 0 fully saturated rings. The Bertz CT molecular complexity index is 169. The van der Waals surface area contributed by atoms with Crippen molar-refractivity contribution in [1.29, 1.82) is 0 Å². The molecule has 0 spiro atoms. The maximum Gasteiger partial charge on any atom is 0.0511 e. The molecule has 0 radical (unpaired) electrons. The average molecular weight is 168 g/mol. The van der Waals surface area contributed by atoms with Gasteiger partial charge in [0.25, 0.3) is 0 Å². The molecule has 12 heavy (non-hydrogen) atoms. The lowest BCUT2D eigenvalue weighted by Crippen LogP contribution is -2.34. The Morgan fingerprint density at radius 1 is 1.50 bits per heavy atom. The number of allylic oxidation sites excluding steroid dienone is 1. The second kappa shape index (κ2) is 5.95. The fraction of sp³-hybridized carbons (Fsp3) is 0.700. The van der Waals surface area contributed by atoms with Crippen LogP contribution < -0.4 is 5.73 Å². The van der Waals surface area contributed by atoms with Crippen molar-refractivity contribution in [2.24, 2.45) is 16.6 Å². The molecule has 0 aliphatic heterocycles. The molecule has 1 atom stereocenters. The van der Waals surface area contributed by atoms with Gasteiger partial charge in [0.15, 0.2) is 0 Å². The molecule has 0 saturated carbocycles. The number of aliphatic imine (C=N–C) groups is 1. The third-order valence-electron chi connectivity index (χ3n) is 1.84. The largest absolute Gasteiger partial charge is 0.322 e. The highest BCUT2D eigenvalue weighted by atomic mass is 14.8. The van der Waals surface area contributed by atoms with Crippen LogP contribution in [0.4, 0.5) is 0 Å². The van der Waals surface area contributed by atoms with Crippen LogP contribution in [0.1, 0.15) is 27.2 Å². The highest BCUT2D eigenvalue weighted by Crippen LogP contribution is 2.02. The van der Waals surface area contributed by atoms with Crippen LogP contribution in [0.2, 0.25) is 0 Å². The normalized spacial score (nSPS) is 16.0. The van der Waals surface area contributed by atoms with Crippen LogP contribution >= 0.6 is 0 Å². The molecule has 2 heteroatoms. The van der Waals surface area contributed by atoms with Crippen LogP contribution in [-0.4, -0.2) is 18.8 Å². The average Bonchev–Trinajstić information content (AvgIpc) is 2.05. The number of hydrogen-bond donors (Lipinski definition) is 1. The molecule has 0 aromatic heterocycles. The van der Waals surface area contributed by atoms with Gasteiger partial charge in [-0.25, -0.2) is 0 Å². The van der Waals surface area contributed by atoms with Gasteiger partial charge in [-0.05, 0) is 18.4 Å². The quantitative estimate of drug-likeness (QED) is 0.641. The number of nitrogens with two attached hydrogens (primary N) is 1. The highest BCUT2D eigenvalue weighted by Gasteiger charge is 2.11. The van der Waals surface area contributed by atoms with E-state index in [4.69, 9.17) is 5.73 Å². The van der Waals surface area contributed by atoms with E-state index in [2.05, 4.69) is 31.8 Å². The number of nitrogens with zero attached hydrogens (tertiary/aromatic N) is 1. The molecule has 1 unspecified atom stereocenters. The fourth-order valence-electron chi connectivity index (χ4n) is 0.915. The summed E-state index contributed by atoms with van der Waals surface area (Å²) in [7, 11) is 1.79. The van der Waals surface area contributed by atoms with Crippen molar-refractivity contribution in [2.75, 3.05) is 7.05 Å². The SMILES string of the molecule is CC/C=C\C(=NC)C(N)C(C)C. The summed E-state index contributed by atoms with van der Waals surface area (Å²) in [5.41, 5.74) is 6.92. The van der Waals surface area contributed by atoms with Gasteiger partial charge in [-0.2, -0.15) is 0 Å². The summed E-state index contributed by atoms with van der Waals surface area (Å²) in [6.07, 6.45) is 5.14. The summed E-state index contributed by atoms with van der Waals surface area (Å²) < 4.78 is 0. The van der Waals surface area contributed by atoms with E-state index in [0.29, 0.717) is 5.92 Å². The molecule has 0 amide bonds. The van der Waals surface area contributed by atoms with Crippen molar-refractivity contribution in [3.8, 4) is 0 Å². The standard InChI is InChI=1S/C10H20N2/c1-5-6-7-9(12-4)10(11)8(2)3/h6-8,10H,5,11H2,1-4H3/b7-6-,12-9?. The van der Waals surface area contributed by atoms with E-state index in [1.54, 1.807) is 7.05 Å². The van der Waals surface area contributed by atoms with Crippen molar-refractivity contribution in [3.63, 3.8) is 0 Å². The molecule has 0 aliphatic carbocycles. The van der Waals surface area contributed by atoms with E-state index in [1.807, 2.05) is 6.08 Å². The lowest BCUT2D eigenvalue weighted by Gasteiger charge is -2.15. The zero-order valence-corrected chi connectivity index (χ0v) is 8.54. The Kier molecular flexibility index (Phi) is 5.64. The summed E-state index contributed by atoms with van der Waals surface area (Å²) in [5, 5.41) is 0. The fourth-order valence-corrected chi connectivity index (χ4v) is 0.915. The molecule has 0 heterocycles. The van der Waals surface area contributed by atoms with Crippen LogP contribution in [-0.2, 0) is 0 Å². The Labute approximate surface area is 75.6 Å². The second-order valence-electron chi connectivity index (χ2n) is 3.23. The van der Waals surface area contributed by atoms with Crippen molar-refractivity contribution >= 4 is 5.71 Å². The molecular formula is C10H20N2. The Hall–Kier alpha value is -0.630. The van der Waals surface area contributed by atoms with Gasteiger partial charge in [0, 0.05) is 13.1 Å². The molecule has 0 bridgehead atoms. The van der Waals surface area contributed by atoms with Crippen LogP contribution in [0.3, 0.4) is 0 Å². The predicted molar refractivity (Wildman–Crippen MR) is 55.6 cm³/mol. The second-order valence-corrected chi connectivity index (χ2v) is 3.23. The molecular weight excluding hydrogens is 148 g/mol. The summed E-state index contributed by atoms with van der Waals surface area (Å²) in [5.74, 6) is 0.449. The minimum atomic E-state index is 0.0674.